The number of nitrogens with one attached hydrogen (secondary N) is 1. The van der Waals surface area contributed by atoms with Crippen LogP contribution in [-0.4, -0.2) is 17.6 Å². The van der Waals surface area contributed by atoms with Gasteiger partial charge in [0.05, 0.1) is 12.8 Å². The number of hydrogen-bond donors (Lipinski definition) is 1. The Bertz CT molecular complexity index is 576. The Morgan fingerprint density at radius 1 is 1.43 bits per heavy atom. The van der Waals surface area contributed by atoms with Gasteiger partial charge < -0.3 is 14.6 Å². The summed E-state index contributed by atoms with van der Waals surface area (Å²) in [7, 11) is 0. The molecule has 3 rings (SSSR count). The van der Waals surface area contributed by atoms with Crippen molar-refractivity contribution in [1.29, 1.82) is 0 Å². The van der Waals surface area contributed by atoms with Crippen LogP contribution in [0.4, 0.5) is 5.82 Å². The molecule has 0 spiro atoms. The van der Waals surface area contributed by atoms with Crippen LogP contribution in [0.15, 0.2) is 35.1 Å². The molecule has 4 heteroatoms. The summed E-state index contributed by atoms with van der Waals surface area (Å²) in [5, 5.41) is 3.34. The molecule has 0 amide bonds. The summed E-state index contributed by atoms with van der Waals surface area (Å²) in [5.41, 5.74) is 2.48. The molecule has 0 saturated heterocycles. The van der Waals surface area contributed by atoms with Gasteiger partial charge in [0.1, 0.15) is 11.6 Å². The first-order valence-corrected chi connectivity index (χ1v) is 7.73. The third-order valence-corrected chi connectivity index (χ3v) is 3.85. The smallest absolute Gasteiger partial charge is 0.132 e. The van der Waals surface area contributed by atoms with Gasteiger partial charge in [0.15, 0.2) is 0 Å². The van der Waals surface area contributed by atoms with Crippen LogP contribution in [0.25, 0.3) is 0 Å². The van der Waals surface area contributed by atoms with Crippen LogP contribution in [-0.2, 0) is 13.1 Å². The quantitative estimate of drug-likeness (QED) is 0.848. The van der Waals surface area contributed by atoms with E-state index in [0.29, 0.717) is 6.04 Å². The standard InChI is InChI=1S/C17H23N3O/c1-3-18-10-14-9-13(2)17(19-11-14)20(15-6-7-15)12-16-5-4-8-21-16/h4-5,8-9,11,15,18H,3,6-7,10,12H2,1-2H3. The Labute approximate surface area is 126 Å². The second-order valence-electron chi connectivity index (χ2n) is 5.70. The predicted octanol–water partition coefficient (Wildman–Crippen LogP) is 3.26. The molecular formula is C17H23N3O. The fourth-order valence-corrected chi connectivity index (χ4v) is 2.63. The number of aromatic nitrogens is 1. The largest absolute Gasteiger partial charge is 0.467 e. The van der Waals surface area contributed by atoms with E-state index < -0.39 is 0 Å². The van der Waals surface area contributed by atoms with E-state index in [-0.39, 0.29) is 0 Å². The van der Waals surface area contributed by atoms with Gasteiger partial charge in [0.25, 0.3) is 0 Å². The first-order valence-electron chi connectivity index (χ1n) is 7.73. The number of furan rings is 1. The Morgan fingerprint density at radius 3 is 2.90 bits per heavy atom. The van der Waals surface area contributed by atoms with E-state index >= 15 is 0 Å². The molecule has 4 nitrogen and oxygen atoms in total. The molecule has 0 atom stereocenters. The molecule has 0 bridgehead atoms. The number of hydrogen-bond acceptors (Lipinski definition) is 4. The average molecular weight is 285 g/mol. The summed E-state index contributed by atoms with van der Waals surface area (Å²) < 4.78 is 5.50. The lowest BCUT2D eigenvalue weighted by Crippen LogP contribution is -2.26. The summed E-state index contributed by atoms with van der Waals surface area (Å²) in [5.74, 6) is 2.09. The third-order valence-electron chi connectivity index (χ3n) is 3.85. The zero-order valence-electron chi connectivity index (χ0n) is 12.8. The molecule has 1 aliphatic rings. The van der Waals surface area contributed by atoms with Gasteiger partial charge in [-0.2, -0.15) is 0 Å². The van der Waals surface area contributed by atoms with Gasteiger partial charge in [0.2, 0.25) is 0 Å². The maximum absolute atomic E-state index is 5.50. The molecule has 1 aliphatic carbocycles. The Hall–Kier alpha value is -1.81. The van der Waals surface area contributed by atoms with Crippen molar-refractivity contribution in [3.8, 4) is 0 Å². The van der Waals surface area contributed by atoms with Crippen molar-refractivity contribution < 1.29 is 4.42 Å². The minimum atomic E-state index is 0.612. The van der Waals surface area contributed by atoms with Crippen molar-refractivity contribution in [2.45, 2.75) is 45.8 Å². The maximum Gasteiger partial charge on any atom is 0.132 e. The molecule has 1 fully saturated rings. The second-order valence-corrected chi connectivity index (χ2v) is 5.70. The fraction of sp³-hybridized carbons (Fsp3) is 0.471. The Balaban J connectivity index is 1.79. The minimum absolute atomic E-state index is 0.612. The zero-order chi connectivity index (χ0) is 14.7. The van der Waals surface area contributed by atoms with Gasteiger partial charge in [0, 0.05) is 18.8 Å². The first-order chi connectivity index (χ1) is 10.3. The van der Waals surface area contributed by atoms with Crippen LogP contribution >= 0.6 is 0 Å². The molecule has 0 unspecified atom stereocenters. The lowest BCUT2D eigenvalue weighted by Gasteiger charge is -2.24. The van der Waals surface area contributed by atoms with Crippen molar-refractivity contribution in [3.63, 3.8) is 0 Å². The average Bonchev–Trinajstić information content (AvgIpc) is 3.20. The summed E-state index contributed by atoms with van der Waals surface area (Å²) in [4.78, 5) is 7.10. The van der Waals surface area contributed by atoms with Crippen LogP contribution in [0.2, 0.25) is 0 Å². The topological polar surface area (TPSA) is 41.3 Å². The third kappa shape index (κ3) is 3.45. The molecular weight excluding hydrogens is 262 g/mol. The van der Waals surface area contributed by atoms with E-state index in [1.807, 2.05) is 18.3 Å². The maximum atomic E-state index is 5.50. The van der Waals surface area contributed by atoms with E-state index in [1.165, 1.54) is 24.0 Å². The van der Waals surface area contributed by atoms with Crippen molar-refractivity contribution in [2.75, 3.05) is 11.4 Å². The van der Waals surface area contributed by atoms with Crippen molar-refractivity contribution >= 4 is 5.82 Å². The van der Waals surface area contributed by atoms with Crippen LogP contribution in [0.1, 0.15) is 36.7 Å². The van der Waals surface area contributed by atoms with Crippen molar-refractivity contribution in [2.24, 2.45) is 0 Å². The number of anilines is 1. The normalized spacial score (nSPS) is 14.4. The molecule has 21 heavy (non-hydrogen) atoms. The van der Waals surface area contributed by atoms with Crippen LogP contribution in [0.3, 0.4) is 0 Å². The summed E-state index contributed by atoms with van der Waals surface area (Å²) >= 11 is 0. The highest BCUT2D eigenvalue weighted by molar-refractivity contribution is 5.49. The molecule has 0 aromatic carbocycles. The van der Waals surface area contributed by atoms with Crippen molar-refractivity contribution in [3.05, 3.63) is 47.5 Å². The van der Waals surface area contributed by atoms with Gasteiger partial charge in [-0.15, -0.1) is 0 Å². The molecule has 2 aromatic heterocycles. The molecule has 2 heterocycles. The summed E-state index contributed by atoms with van der Waals surface area (Å²) in [6.45, 7) is 6.93. The Morgan fingerprint density at radius 2 is 2.29 bits per heavy atom. The van der Waals surface area contributed by atoms with Crippen LogP contribution in [0.5, 0.6) is 0 Å². The first kappa shape index (κ1) is 14.1. The number of aryl methyl sites for hydroxylation is 1. The van der Waals surface area contributed by atoms with Crippen molar-refractivity contribution in [1.82, 2.24) is 10.3 Å². The second kappa shape index (κ2) is 6.31. The van der Waals surface area contributed by atoms with Gasteiger partial charge in [-0.25, -0.2) is 4.98 Å². The molecule has 0 radical (unpaired) electrons. The lowest BCUT2D eigenvalue weighted by molar-refractivity contribution is 0.500. The zero-order valence-corrected chi connectivity index (χ0v) is 12.8. The molecule has 0 aliphatic heterocycles. The van der Waals surface area contributed by atoms with E-state index in [2.05, 4.69) is 30.1 Å². The molecule has 1 N–H and O–H groups in total. The van der Waals surface area contributed by atoms with Crippen LogP contribution < -0.4 is 10.2 Å². The van der Waals surface area contributed by atoms with E-state index in [9.17, 15) is 0 Å². The summed E-state index contributed by atoms with van der Waals surface area (Å²) in [6, 6.07) is 6.83. The highest BCUT2D eigenvalue weighted by atomic mass is 16.3. The van der Waals surface area contributed by atoms with Gasteiger partial charge in [-0.3, -0.25) is 0 Å². The highest BCUT2D eigenvalue weighted by Crippen LogP contribution is 2.33. The minimum Gasteiger partial charge on any atom is -0.467 e. The van der Waals surface area contributed by atoms with Gasteiger partial charge in [-0.1, -0.05) is 6.92 Å². The van der Waals surface area contributed by atoms with E-state index in [4.69, 9.17) is 9.40 Å². The highest BCUT2D eigenvalue weighted by Gasteiger charge is 2.31. The SMILES string of the molecule is CCNCc1cnc(N(Cc2ccco2)C2CC2)c(C)c1. The number of nitrogens with zero attached hydrogens (tertiary/aromatic N) is 2. The van der Waals surface area contributed by atoms with Crippen LogP contribution in [0, 0.1) is 6.92 Å². The summed E-state index contributed by atoms with van der Waals surface area (Å²) in [6.07, 6.45) is 6.23. The number of pyridine rings is 1. The van der Waals surface area contributed by atoms with E-state index in [0.717, 1.165) is 31.2 Å². The lowest BCUT2D eigenvalue weighted by atomic mass is 10.2. The fourth-order valence-electron chi connectivity index (χ4n) is 2.63. The number of rotatable bonds is 7. The Kier molecular flexibility index (Phi) is 4.25. The monoisotopic (exact) mass is 285 g/mol. The van der Waals surface area contributed by atoms with E-state index in [1.54, 1.807) is 6.26 Å². The van der Waals surface area contributed by atoms with Gasteiger partial charge in [-0.05, 0) is 55.6 Å². The molecule has 112 valence electrons. The molecule has 1 saturated carbocycles. The molecule has 2 aromatic rings. The predicted molar refractivity (Wildman–Crippen MR) is 84.3 cm³/mol. The van der Waals surface area contributed by atoms with Gasteiger partial charge >= 0.3 is 0 Å².